The van der Waals surface area contributed by atoms with Gasteiger partial charge in [-0.1, -0.05) is 12.1 Å². The molecule has 1 aromatic carbocycles. The van der Waals surface area contributed by atoms with Crippen LogP contribution in [0.1, 0.15) is 25.8 Å². The summed E-state index contributed by atoms with van der Waals surface area (Å²) in [6.07, 6.45) is 4.19. The minimum absolute atomic E-state index is 0.573. The van der Waals surface area contributed by atoms with Crippen molar-refractivity contribution in [3.8, 4) is 29.0 Å². The average molecular weight is 321 g/mol. The minimum atomic E-state index is -0.735. The molecule has 0 amide bonds. The minimum Gasteiger partial charge on any atom is -0.453 e. The van der Waals surface area contributed by atoms with Crippen LogP contribution < -0.4 is 0 Å². The van der Waals surface area contributed by atoms with E-state index in [1.807, 2.05) is 41.1 Å². The van der Waals surface area contributed by atoms with Crippen LogP contribution in [0.25, 0.3) is 22.9 Å². The molecule has 0 atom stereocenters. The van der Waals surface area contributed by atoms with Crippen LogP contribution in [0.3, 0.4) is 0 Å². The molecule has 1 N–H and O–H groups in total. The van der Waals surface area contributed by atoms with E-state index in [2.05, 4.69) is 11.1 Å². The molecule has 122 valence electrons. The fraction of sp³-hybridized carbons (Fsp3) is 0.263. The van der Waals surface area contributed by atoms with Gasteiger partial charge in [0.2, 0.25) is 0 Å². The summed E-state index contributed by atoms with van der Waals surface area (Å²) in [5.41, 5.74) is 0.603. The zero-order valence-electron chi connectivity index (χ0n) is 13.7. The van der Waals surface area contributed by atoms with Crippen LogP contribution in [0.2, 0.25) is 0 Å². The lowest BCUT2D eigenvalue weighted by atomic mass is 10.1. The Labute approximate surface area is 140 Å². The maximum Gasteiger partial charge on any atom is 0.176 e. The number of hydrogen-bond donors (Lipinski definition) is 1. The second kappa shape index (κ2) is 6.34. The Bertz CT molecular complexity index is 878. The predicted molar refractivity (Wildman–Crippen MR) is 91.0 cm³/mol. The van der Waals surface area contributed by atoms with Crippen LogP contribution >= 0.6 is 0 Å². The Morgan fingerprint density at radius 3 is 2.71 bits per heavy atom. The van der Waals surface area contributed by atoms with Gasteiger partial charge in [-0.25, -0.2) is 4.98 Å². The molecule has 24 heavy (non-hydrogen) atoms. The number of rotatable bonds is 5. The molecule has 0 bridgehead atoms. The number of hydrogen-bond acceptors (Lipinski definition) is 4. The summed E-state index contributed by atoms with van der Waals surface area (Å²) in [6.45, 7) is 4.21. The van der Waals surface area contributed by atoms with Crippen LogP contribution in [-0.2, 0) is 6.54 Å². The highest BCUT2D eigenvalue weighted by Gasteiger charge is 2.16. The summed E-state index contributed by atoms with van der Waals surface area (Å²) < 4.78 is 7.89. The van der Waals surface area contributed by atoms with Gasteiger partial charge in [-0.3, -0.25) is 0 Å². The third-order valence-corrected chi connectivity index (χ3v) is 3.82. The normalized spacial score (nSPS) is 11.4. The van der Waals surface area contributed by atoms with Gasteiger partial charge in [0.15, 0.2) is 11.6 Å². The zero-order valence-corrected chi connectivity index (χ0v) is 13.7. The summed E-state index contributed by atoms with van der Waals surface area (Å²) in [4.78, 5) is 4.36. The van der Waals surface area contributed by atoms with Crippen molar-refractivity contribution in [3.05, 3.63) is 54.4 Å². The fourth-order valence-electron chi connectivity index (χ4n) is 2.51. The van der Waals surface area contributed by atoms with Gasteiger partial charge in [0, 0.05) is 24.5 Å². The first kappa shape index (κ1) is 16.0. The van der Waals surface area contributed by atoms with E-state index in [1.165, 1.54) is 0 Å². The molecule has 0 saturated heterocycles. The van der Waals surface area contributed by atoms with Crippen molar-refractivity contribution in [2.75, 3.05) is 0 Å². The molecule has 0 aliphatic rings. The fourth-order valence-corrected chi connectivity index (χ4v) is 2.51. The van der Waals surface area contributed by atoms with Crippen molar-refractivity contribution in [2.24, 2.45) is 0 Å². The van der Waals surface area contributed by atoms with E-state index >= 15 is 0 Å². The molecular weight excluding hydrogens is 302 g/mol. The SMILES string of the molecule is CC(C)(O)CCn1ccnc1-c1ccc(-c2ccccc2C#N)o1. The molecule has 0 unspecified atom stereocenters. The quantitative estimate of drug-likeness (QED) is 0.774. The van der Waals surface area contributed by atoms with Gasteiger partial charge in [-0.15, -0.1) is 0 Å². The number of nitrogens with zero attached hydrogens (tertiary/aromatic N) is 3. The van der Waals surface area contributed by atoms with E-state index in [4.69, 9.17) is 4.42 Å². The van der Waals surface area contributed by atoms with E-state index in [-0.39, 0.29) is 0 Å². The molecule has 5 heteroatoms. The van der Waals surface area contributed by atoms with Crippen molar-refractivity contribution in [2.45, 2.75) is 32.4 Å². The molecule has 0 spiro atoms. The maximum atomic E-state index is 9.90. The van der Waals surface area contributed by atoms with Crippen molar-refractivity contribution in [1.82, 2.24) is 9.55 Å². The first-order chi connectivity index (χ1) is 11.5. The summed E-state index contributed by atoms with van der Waals surface area (Å²) >= 11 is 0. The highest BCUT2D eigenvalue weighted by molar-refractivity contribution is 5.68. The Morgan fingerprint density at radius 1 is 1.21 bits per heavy atom. The second-order valence-electron chi connectivity index (χ2n) is 6.33. The van der Waals surface area contributed by atoms with Crippen molar-refractivity contribution >= 4 is 0 Å². The van der Waals surface area contributed by atoms with Gasteiger partial charge < -0.3 is 14.1 Å². The first-order valence-corrected chi connectivity index (χ1v) is 7.81. The molecule has 0 aliphatic carbocycles. The summed E-state index contributed by atoms with van der Waals surface area (Å²) in [6, 6.07) is 13.2. The van der Waals surface area contributed by atoms with E-state index in [0.29, 0.717) is 35.9 Å². The number of aromatic nitrogens is 2. The molecule has 3 rings (SSSR count). The zero-order chi connectivity index (χ0) is 17.2. The monoisotopic (exact) mass is 321 g/mol. The Balaban J connectivity index is 1.90. The van der Waals surface area contributed by atoms with E-state index in [0.717, 1.165) is 5.56 Å². The van der Waals surface area contributed by atoms with Gasteiger partial charge in [-0.2, -0.15) is 5.26 Å². The lowest BCUT2D eigenvalue weighted by Crippen LogP contribution is -2.21. The summed E-state index contributed by atoms with van der Waals surface area (Å²) in [5, 5.41) is 19.1. The van der Waals surface area contributed by atoms with Crippen molar-refractivity contribution in [1.29, 1.82) is 5.26 Å². The molecule has 0 fully saturated rings. The van der Waals surface area contributed by atoms with Crippen LogP contribution in [0, 0.1) is 11.3 Å². The van der Waals surface area contributed by atoms with Gasteiger partial charge in [0.25, 0.3) is 0 Å². The molecule has 2 aromatic heterocycles. The number of imidazole rings is 1. The van der Waals surface area contributed by atoms with Crippen LogP contribution in [0.4, 0.5) is 0 Å². The van der Waals surface area contributed by atoms with E-state index in [1.54, 1.807) is 26.1 Å². The molecule has 3 aromatic rings. The summed E-state index contributed by atoms with van der Waals surface area (Å²) in [7, 11) is 0. The van der Waals surface area contributed by atoms with Crippen LogP contribution in [0.15, 0.2) is 53.2 Å². The van der Waals surface area contributed by atoms with Gasteiger partial charge >= 0.3 is 0 Å². The Kier molecular flexibility index (Phi) is 4.24. The molecule has 0 aliphatic heterocycles. The lowest BCUT2D eigenvalue weighted by Gasteiger charge is -2.17. The standard InChI is InChI=1S/C19H19N3O2/c1-19(2,23)9-11-22-12-10-21-18(22)17-8-7-16(24-17)15-6-4-3-5-14(15)13-20/h3-8,10,12,23H,9,11H2,1-2H3. The Hall–Kier alpha value is -2.84. The van der Waals surface area contributed by atoms with Crippen LogP contribution in [0.5, 0.6) is 0 Å². The first-order valence-electron chi connectivity index (χ1n) is 7.81. The van der Waals surface area contributed by atoms with Crippen LogP contribution in [-0.4, -0.2) is 20.3 Å². The lowest BCUT2D eigenvalue weighted by molar-refractivity contribution is 0.0663. The maximum absolute atomic E-state index is 9.90. The van der Waals surface area contributed by atoms with Crippen molar-refractivity contribution in [3.63, 3.8) is 0 Å². The van der Waals surface area contributed by atoms with E-state index < -0.39 is 5.60 Å². The molecule has 2 heterocycles. The largest absolute Gasteiger partial charge is 0.453 e. The van der Waals surface area contributed by atoms with E-state index in [9.17, 15) is 10.4 Å². The number of nitriles is 1. The number of aryl methyl sites for hydroxylation is 1. The second-order valence-corrected chi connectivity index (χ2v) is 6.33. The van der Waals surface area contributed by atoms with Gasteiger partial charge in [0.05, 0.1) is 17.2 Å². The Morgan fingerprint density at radius 2 is 1.96 bits per heavy atom. The molecule has 0 radical (unpaired) electrons. The number of aliphatic hydroxyl groups is 1. The molecule has 5 nitrogen and oxygen atoms in total. The average Bonchev–Trinajstić information content (AvgIpc) is 3.21. The highest BCUT2D eigenvalue weighted by atomic mass is 16.3. The highest BCUT2D eigenvalue weighted by Crippen LogP contribution is 2.29. The van der Waals surface area contributed by atoms with Crippen molar-refractivity contribution < 1.29 is 9.52 Å². The number of furan rings is 1. The third-order valence-electron chi connectivity index (χ3n) is 3.82. The molecule has 0 saturated carbocycles. The smallest absolute Gasteiger partial charge is 0.176 e. The number of benzene rings is 1. The third kappa shape index (κ3) is 3.39. The van der Waals surface area contributed by atoms with Gasteiger partial charge in [-0.05, 0) is 44.5 Å². The molecular formula is C19H19N3O2. The summed E-state index contributed by atoms with van der Waals surface area (Å²) in [5.74, 6) is 1.98. The predicted octanol–water partition coefficient (Wildman–Crippen LogP) is 3.84. The topological polar surface area (TPSA) is 75.0 Å². The van der Waals surface area contributed by atoms with Gasteiger partial charge in [0.1, 0.15) is 5.76 Å².